The fourth-order valence-corrected chi connectivity index (χ4v) is 1.28. The predicted octanol–water partition coefficient (Wildman–Crippen LogP) is 2.66. The normalized spacial score (nSPS) is 11.5. The second-order valence-corrected chi connectivity index (χ2v) is 4.26. The summed E-state index contributed by atoms with van der Waals surface area (Å²) in [6, 6.07) is 4.04. The lowest BCUT2D eigenvalue weighted by molar-refractivity contribution is 0.0885. The summed E-state index contributed by atoms with van der Waals surface area (Å²) >= 11 is 5.60. The van der Waals surface area contributed by atoms with Gasteiger partial charge in [0.2, 0.25) is 0 Å². The van der Waals surface area contributed by atoms with E-state index in [1.54, 1.807) is 20.9 Å². The van der Waals surface area contributed by atoms with Crippen LogP contribution in [0.25, 0.3) is 0 Å². The average molecular weight is 230 g/mol. The summed E-state index contributed by atoms with van der Waals surface area (Å²) < 4.78 is 13.4. The Morgan fingerprint density at radius 3 is 2.53 bits per heavy atom. The topological polar surface area (TPSA) is 29.1 Å². The molecule has 0 heterocycles. The standard InChI is InChI=1S/C11H13ClFNO/c1-11(2,14-3)10(15)8-5-4-7(12)6-9(8)13/h4-6,14H,1-3H3. The Morgan fingerprint density at radius 2 is 2.07 bits per heavy atom. The van der Waals surface area contributed by atoms with Crippen molar-refractivity contribution in [3.05, 3.63) is 34.6 Å². The van der Waals surface area contributed by atoms with Crippen LogP contribution in [0, 0.1) is 5.82 Å². The van der Waals surface area contributed by atoms with E-state index in [2.05, 4.69) is 5.32 Å². The molecule has 15 heavy (non-hydrogen) atoms. The van der Waals surface area contributed by atoms with Crippen LogP contribution >= 0.6 is 11.6 Å². The molecule has 0 radical (unpaired) electrons. The van der Waals surface area contributed by atoms with Gasteiger partial charge in [0.1, 0.15) is 5.82 Å². The van der Waals surface area contributed by atoms with Gasteiger partial charge in [-0.3, -0.25) is 4.79 Å². The number of hydrogen-bond acceptors (Lipinski definition) is 2. The highest BCUT2D eigenvalue weighted by Crippen LogP contribution is 2.19. The Balaban J connectivity index is 3.12. The van der Waals surface area contributed by atoms with E-state index in [-0.39, 0.29) is 16.4 Å². The van der Waals surface area contributed by atoms with Crippen LogP contribution in [-0.2, 0) is 0 Å². The Kier molecular flexibility index (Phi) is 3.47. The van der Waals surface area contributed by atoms with E-state index in [1.165, 1.54) is 12.1 Å². The number of rotatable bonds is 3. The minimum Gasteiger partial charge on any atom is -0.308 e. The Labute approximate surface area is 93.4 Å². The third-order valence-electron chi connectivity index (χ3n) is 2.37. The van der Waals surface area contributed by atoms with E-state index in [9.17, 15) is 9.18 Å². The average Bonchev–Trinajstić information content (AvgIpc) is 2.17. The molecule has 1 aromatic rings. The first-order chi connectivity index (χ1) is 6.88. The van der Waals surface area contributed by atoms with Crippen molar-refractivity contribution in [3.8, 4) is 0 Å². The van der Waals surface area contributed by atoms with Gasteiger partial charge < -0.3 is 5.32 Å². The largest absolute Gasteiger partial charge is 0.308 e. The molecule has 1 N–H and O–H groups in total. The number of nitrogens with one attached hydrogen (secondary N) is 1. The minimum absolute atomic E-state index is 0.0544. The summed E-state index contributed by atoms with van der Waals surface area (Å²) in [5.74, 6) is -0.880. The quantitative estimate of drug-likeness (QED) is 0.808. The lowest BCUT2D eigenvalue weighted by Crippen LogP contribution is -2.44. The number of likely N-dealkylation sites (N-methyl/N-ethyl adjacent to an activating group) is 1. The van der Waals surface area contributed by atoms with Crippen LogP contribution in [0.3, 0.4) is 0 Å². The first kappa shape index (κ1) is 12.1. The van der Waals surface area contributed by atoms with Crippen molar-refractivity contribution in [3.63, 3.8) is 0 Å². The summed E-state index contributed by atoms with van der Waals surface area (Å²) in [7, 11) is 1.66. The van der Waals surface area contributed by atoms with Crippen LogP contribution < -0.4 is 5.32 Å². The molecular formula is C11H13ClFNO. The molecule has 0 unspecified atom stereocenters. The van der Waals surface area contributed by atoms with Gasteiger partial charge in [0.25, 0.3) is 0 Å². The highest BCUT2D eigenvalue weighted by atomic mass is 35.5. The number of benzene rings is 1. The van der Waals surface area contributed by atoms with E-state index in [0.29, 0.717) is 0 Å². The zero-order valence-corrected chi connectivity index (χ0v) is 9.65. The first-order valence-corrected chi connectivity index (χ1v) is 4.95. The van der Waals surface area contributed by atoms with E-state index >= 15 is 0 Å². The lowest BCUT2D eigenvalue weighted by atomic mass is 9.93. The highest BCUT2D eigenvalue weighted by molar-refractivity contribution is 6.30. The van der Waals surface area contributed by atoms with Crippen molar-refractivity contribution in [1.29, 1.82) is 0 Å². The minimum atomic E-state index is -0.783. The SMILES string of the molecule is CNC(C)(C)C(=O)c1ccc(Cl)cc1F. The maximum Gasteiger partial charge on any atom is 0.185 e. The molecule has 0 bridgehead atoms. The summed E-state index contributed by atoms with van der Waals surface area (Å²) in [4.78, 5) is 11.9. The van der Waals surface area contributed by atoms with Gasteiger partial charge in [-0.1, -0.05) is 11.6 Å². The fraction of sp³-hybridized carbons (Fsp3) is 0.364. The molecule has 0 saturated heterocycles. The summed E-state index contributed by atoms with van der Waals surface area (Å²) in [5, 5.41) is 3.12. The van der Waals surface area contributed by atoms with Crippen LogP contribution in [0.4, 0.5) is 4.39 Å². The molecule has 0 spiro atoms. The van der Waals surface area contributed by atoms with E-state index < -0.39 is 11.4 Å². The van der Waals surface area contributed by atoms with Crippen LogP contribution in [-0.4, -0.2) is 18.4 Å². The number of carbonyl (C=O) groups excluding carboxylic acids is 1. The Morgan fingerprint density at radius 1 is 1.47 bits per heavy atom. The molecule has 1 aromatic carbocycles. The van der Waals surface area contributed by atoms with Gasteiger partial charge in [0.15, 0.2) is 5.78 Å². The summed E-state index contributed by atoms with van der Waals surface area (Å²) in [6.45, 7) is 3.40. The smallest absolute Gasteiger partial charge is 0.185 e. The molecular weight excluding hydrogens is 217 g/mol. The van der Waals surface area contributed by atoms with Gasteiger partial charge in [-0.2, -0.15) is 0 Å². The zero-order chi connectivity index (χ0) is 11.6. The van der Waals surface area contributed by atoms with Gasteiger partial charge in [-0.25, -0.2) is 4.39 Å². The van der Waals surface area contributed by atoms with Crippen molar-refractivity contribution in [1.82, 2.24) is 5.32 Å². The van der Waals surface area contributed by atoms with Gasteiger partial charge in [-0.05, 0) is 39.1 Å². The number of Topliss-reactive ketones (excluding diaryl/α,β-unsaturated/α-hetero) is 1. The molecule has 2 nitrogen and oxygen atoms in total. The molecule has 0 aliphatic rings. The summed E-state index contributed by atoms with van der Waals surface area (Å²) in [5.41, 5.74) is -0.729. The number of halogens is 2. The van der Waals surface area contributed by atoms with Crippen LogP contribution in [0.15, 0.2) is 18.2 Å². The van der Waals surface area contributed by atoms with Gasteiger partial charge in [0.05, 0.1) is 11.1 Å². The molecule has 0 amide bonds. The number of carbonyl (C=O) groups is 1. The maximum atomic E-state index is 13.4. The first-order valence-electron chi connectivity index (χ1n) is 4.57. The molecule has 0 atom stereocenters. The molecule has 0 saturated carbocycles. The molecule has 4 heteroatoms. The molecule has 0 aliphatic carbocycles. The number of ketones is 1. The molecule has 0 aliphatic heterocycles. The van der Waals surface area contributed by atoms with E-state index in [4.69, 9.17) is 11.6 Å². The molecule has 0 fully saturated rings. The van der Waals surface area contributed by atoms with Crippen molar-refractivity contribution in [2.24, 2.45) is 0 Å². The van der Waals surface area contributed by atoms with Crippen LogP contribution in [0.2, 0.25) is 5.02 Å². The van der Waals surface area contributed by atoms with Crippen molar-refractivity contribution < 1.29 is 9.18 Å². The Hall–Kier alpha value is -0.930. The van der Waals surface area contributed by atoms with Gasteiger partial charge in [0, 0.05) is 5.02 Å². The third kappa shape index (κ3) is 2.55. The highest BCUT2D eigenvalue weighted by Gasteiger charge is 2.28. The van der Waals surface area contributed by atoms with Crippen molar-refractivity contribution in [2.75, 3.05) is 7.05 Å². The van der Waals surface area contributed by atoms with Crippen molar-refractivity contribution >= 4 is 17.4 Å². The predicted molar refractivity (Wildman–Crippen MR) is 58.9 cm³/mol. The van der Waals surface area contributed by atoms with Crippen LogP contribution in [0.5, 0.6) is 0 Å². The third-order valence-corrected chi connectivity index (χ3v) is 2.60. The second-order valence-electron chi connectivity index (χ2n) is 3.83. The fourth-order valence-electron chi connectivity index (χ4n) is 1.12. The zero-order valence-electron chi connectivity index (χ0n) is 8.90. The van der Waals surface area contributed by atoms with Gasteiger partial charge >= 0.3 is 0 Å². The molecule has 1 rings (SSSR count). The lowest BCUT2D eigenvalue weighted by Gasteiger charge is -2.22. The van der Waals surface area contributed by atoms with Crippen LogP contribution in [0.1, 0.15) is 24.2 Å². The number of hydrogen-bond donors (Lipinski definition) is 1. The second kappa shape index (κ2) is 4.29. The van der Waals surface area contributed by atoms with Gasteiger partial charge in [-0.15, -0.1) is 0 Å². The maximum absolute atomic E-state index is 13.4. The molecule has 82 valence electrons. The Bertz CT molecular complexity index is 390. The monoisotopic (exact) mass is 229 g/mol. The molecule has 0 aromatic heterocycles. The van der Waals surface area contributed by atoms with E-state index in [1.807, 2.05) is 0 Å². The summed E-state index contributed by atoms with van der Waals surface area (Å²) in [6.07, 6.45) is 0. The van der Waals surface area contributed by atoms with Crippen molar-refractivity contribution in [2.45, 2.75) is 19.4 Å². The van der Waals surface area contributed by atoms with E-state index in [0.717, 1.165) is 6.07 Å².